The monoisotopic (exact) mass is 283 g/mol. The molecule has 0 aliphatic carbocycles. The van der Waals surface area contributed by atoms with Crippen LogP contribution in [0.25, 0.3) is 0 Å². The quantitative estimate of drug-likeness (QED) is 0.726. The molecule has 0 aromatic heterocycles. The van der Waals surface area contributed by atoms with Crippen molar-refractivity contribution in [2.24, 2.45) is 5.73 Å². The first kappa shape index (κ1) is 14.3. The maximum atomic E-state index is 12.0. The smallest absolute Gasteiger partial charge is 0.255 e. The Kier molecular flexibility index (Phi) is 4.30. The molecule has 0 fully saturated rings. The molecule has 6 heteroatoms. The molecule has 106 valence electrons. The number of benzene rings is 2. The SMILES string of the molecule is NC(=O)c1ccc(NC(=O)c2ccc(NC=O)cc2)cc1. The molecule has 0 saturated carbocycles. The normalized spacial score (nSPS) is 9.71. The van der Waals surface area contributed by atoms with Crippen molar-refractivity contribution in [1.29, 1.82) is 0 Å². The number of nitrogens with one attached hydrogen (secondary N) is 2. The Morgan fingerprint density at radius 1 is 0.857 bits per heavy atom. The van der Waals surface area contributed by atoms with E-state index in [1.165, 1.54) is 12.1 Å². The number of amides is 3. The van der Waals surface area contributed by atoms with Gasteiger partial charge in [-0.3, -0.25) is 14.4 Å². The van der Waals surface area contributed by atoms with Gasteiger partial charge in [0.05, 0.1) is 0 Å². The van der Waals surface area contributed by atoms with Crippen LogP contribution in [0.3, 0.4) is 0 Å². The minimum absolute atomic E-state index is 0.292. The maximum absolute atomic E-state index is 12.0. The van der Waals surface area contributed by atoms with Crippen LogP contribution in [0.15, 0.2) is 48.5 Å². The van der Waals surface area contributed by atoms with E-state index in [1.54, 1.807) is 36.4 Å². The van der Waals surface area contributed by atoms with Gasteiger partial charge in [0.15, 0.2) is 0 Å². The van der Waals surface area contributed by atoms with Gasteiger partial charge in [0.2, 0.25) is 12.3 Å². The highest BCUT2D eigenvalue weighted by atomic mass is 16.2. The molecular weight excluding hydrogens is 270 g/mol. The minimum atomic E-state index is -0.522. The third-order valence-electron chi connectivity index (χ3n) is 2.80. The molecule has 2 rings (SSSR count). The number of carbonyl (C=O) groups is 3. The van der Waals surface area contributed by atoms with Gasteiger partial charge >= 0.3 is 0 Å². The molecule has 0 aliphatic rings. The zero-order valence-electron chi connectivity index (χ0n) is 11.0. The Morgan fingerprint density at radius 2 is 1.38 bits per heavy atom. The summed E-state index contributed by atoms with van der Waals surface area (Å²) in [6.45, 7) is 0. The highest BCUT2D eigenvalue weighted by Gasteiger charge is 2.06. The fraction of sp³-hybridized carbons (Fsp3) is 0. The third-order valence-corrected chi connectivity index (χ3v) is 2.80. The van der Waals surface area contributed by atoms with Gasteiger partial charge in [-0.25, -0.2) is 0 Å². The Hall–Kier alpha value is -3.15. The summed E-state index contributed by atoms with van der Waals surface area (Å²) in [4.78, 5) is 33.2. The molecule has 0 heterocycles. The summed E-state index contributed by atoms with van der Waals surface area (Å²) in [6, 6.07) is 12.7. The molecule has 3 amide bonds. The fourth-order valence-electron chi connectivity index (χ4n) is 1.71. The first-order valence-electron chi connectivity index (χ1n) is 6.11. The van der Waals surface area contributed by atoms with E-state index in [9.17, 15) is 14.4 Å². The Labute approximate surface area is 121 Å². The van der Waals surface area contributed by atoms with Crippen LogP contribution in [0.1, 0.15) is 20.7 Å². The highest BCUT2D eigenvalue weighted by molar-refractivity contribution is 6.04. The molecule has 0 unspecified atom stereocenters. The van der Waals surface area contributed by atoms with Crippen molar-refractivity contribution in [3.05, 3.63) is 59.7 Å². The molecule has 2 aromatic rings. The lowest BCUT2D eigenvalue weighted by Gasteiger charge is -2.06. The van der Waals surface area contributed by atoms with Gasteiger partial charge in [0, 0.05) is 22.5 Å². The molecule has 21 heavy (non-hydrogen) atoms. The van der Waals surface area contributed by atoms with Crippen LogP contribution in [-0.4, -0.2) is 18.2 Å². The minimum Gasteiger partial charge on any atom is -0.366 e. The van der Waals surface area contributed by atoms with E-state index in [1.807, 2.05) is 0 Å². The van der Waals surface area contributed by atoms with E-state index in [-0.39, 0.29) is 5.91 Å². The average molecular weight is 283 g/mol. The number of nitrogens with two attached hydrogens (primary N) is 1. The van der Waals surface area contributed by atoms with Crippen molar-refractivity contribution in [3.63, 3.8) is 0 Å². The van der Waals surface area contributed by atoms with Crippen LogP contribution in [0.4, 0.5) is 11.4 Å². The largest absolute Gasteiger partial charge is 0.366 e. The molecule has 0 atom stereocenters. The Balaban J connectivity index is 2.06. The van der Waals surface area contributed by atoms with Crippen LogP contribution in [0.5, 0.6) is 0 Å². The third kappa shape index (κ3) is 3.66. The van der Waals surface area contributed by atoms with Gasteiger partial charge in [-0.05, 0) is 48.5 Å². The number of carbonyl (C=O) groups excluding carboxylic acids is 3. The molecule has 6 nitrogen and oxygen atoms in total. The van der Waals surface area contributed by atoms with E-state index in [0.29, 0.717) is 28.9 Å². The van der Waals surface area contributed by atoms with Crippen LogP contribution in [0.2, 0.25) is 0 Å². The zero-order chi connectivity index (χ0) is 15.2. The second-order valence-electron chi connectivity index (χ2n) is 4.24. The van der Waals surface area contributed by atoms with Gasteiger partial charge in [-0.1, -0.05) is 0 Å². The summed E-state index contributed by atoms with van der Waals surface area (Å²) in [7, 11) is 0. The summed E-state index contributed by atoms with van der Waals surface area (Å²) < 4.78 is 0. The molecule has 0 saturated heterocycles. The topological polar surface area (TPSA) is 101 Å². The standard InChI is InChI=1S/C15H13N3O3/c16-14(20)10-1-7-13(8-2-10)18-15(21)11-3-5-12(6-4-11)17-9-19/h1-9H,(H2,16,20)(H,17,19)(H,18,21). The van der Waals surface area contributed by atoms with Crippen molar-refractivity contribution in [2.75, 3.05) is 10.6 Å². The summed E-state index contributed by atoms with van der Waals surface area (Å²) >= 11 is 0. The number of hydrogen-bond donors (Lipinski definition) is 3. The number of anilines is 2. The molecule has 0 radical (unpaired) electrons. The van der Waals surface area contributed by atoms with Gasteiger partial charge in [-0.15, -0.1) is 0 Å². The summed E-state index contributed by atoms with van der Waals surface area (Å²) in [5, 5.41) is 5.18. The molecule has 2 aromatic carbocycles. The number of rotatable bonds is 5. The summed E-state index contributed by atoms with van der Waals surface area (Å²) in [5.41, 5.74) is 7.12. The lowest BCUT2D eigenvalue weighted by atomic mass is 10.1. The molecule has 0 bridgehead atoms. The van der Waals surface area contributed by atoms with E-state index in [0.717, 1.165) is 0 Å². The molecular formula is C15H13N3O3. The Morgan fingerprint density at radius 3 is 1.90 bits per heavy atom. The first-order chi connectivity index (χ1) is 10.1. The van der Waals surface area contributed by atoms with Crippen molar-refractivity contribution in [3.8, 4) is 0 Å². The predicted octanol–water partition coefficient (Wildman–Crippen LogP) is 1.61. The maximum Gasteiger partial charge on any atom is 0.255 e. The highest BCUT2D eigenvalue weighted by Crippen LogP contribution is 2.13. The van der Waals surface area contributed by atoms with Crippen molar-refractivity contribution in [2.45, 2.75) is 0 Å². The van der Waals surface area contributed by atoms with Crippen LogP contribution in [-0.2, 0) is 4.79 Å². The first-order valence-corrected chi connectivity index (χ1v) is 6.11. The van der Waals surface area contributed by atoms with Gasteiger partial charge in [-0.2, -0.15) is 0 Å². The van der Waals surface area contributed by atoms with E-state index in [4.69, 9.17) is 5.73 Å². The Bertz CT molecular complexity index is 664. The average Bonchev–Trinajstić information content (AvgIpc) is 2.49. The second kappa shape index (κ2) is 6.33. The number of hydrogen-bond acceptors (Lipinski definition) is 3. The summed E-state index contributed by atoms with van der Waals surface area (Å²) in [6.07, 6.45) is 0.565. The zero-order valence-corrected chi connectivity index (χ0v) is 11.0. The lowest BCUT2D eigenvalue weighted by molar-refractivity contribution is -0.105. The van der Waals surface area contributed by atoms with E-state index < -0.39 is 5.91 Å². The van der Waals surface area contributed by atoms with Crippen LogP contribution < -0.4 is 16.4 Å². The van der Waals surface area contributed by atoms with Crippen molar-refractivity contribution in [1.82, 2.24) is 0 Å². The van der Waals surface area contributed by atoms with Crippen LogP contribution in [0, 0.1) is 0 Å². The molecule has 0 aliphatic heterocycles. The molecule has 4 N–H and O–H groups in total. The van der Waals surface area contributed by atoms with Gasteiger partial charge in [0.25, 0.3) is 5.91 Å². The lowest BCUT2D eigenvalue weighted by Crippen LogP contribution is -2.13. The van der Waals surface area contributed by atoms with E-state index in [2.05, 4.69) is 10.6 Å². The van der Waals surface area contributed by atoms with Gasteiger partial charge in [0.1, 0.15) is 0 Å². The van der Waals surface area contributed by atoms with Gasteiger partial charge < -0.3 is 16.4 Å². The van der Waals surface area contributed by atoms with Crippen LogP contribution >= 0.6 is 0 Å². The van der Waals surface area contributed by atoms with Crippen molar-refractivity contribution >= 4 is 29.6 Å². The van der Waals surface area contributed by atoms with Crippen molar-refractivity contribution < 1.29 is 14.4 Å². The molecule has 0 spiro atoms. The summed E-state index contributed by atoms with van der Waals surface area (Å²) in [5.74, 6) is -0.814. The fourth-order valence-corrected chi connectivity index (χ4v) is 1.71. The van der Waals surface area contributed by atoms with E-state index >= 15 is 0 Å². The number of primary amides is 1. The predicted molar refractivity (Wildman–Crippen MR) is 79.0 cm³/mol. The second-order valence-corrected chi connectivity index (χ2v) is 4.24.